The predicted octanol–water partition coefficient (Wildman–Crippen LogP) is 3.98. The molecule has 0 atom stereocenters. The smallest absolute Gasteiger partial charge is 0.227 e. The molecule has 1 aromatic heterocycles. The number of rotatable bonds is 10. The lowest BCUT2D eigenvalue weighted by Crippen LogP contribution is -2.24. The second kappa shape index (κ2) is 10.3. The Kier molecular flexibility index (Phi) is 7.22. The largest absolute Gasteiger partial charge is 0.356 e. The van der Waals surface area contributed by atoms with Crippen LogP contribution in [-0.2, 0) is 11.2 Å². The Morgan fingerprint density at radius 3 is 2.48 bits per heavy atom. The molecule has 0 spiro atoms. The van der Waals surface area contributed by atoms with E-state index in [-0.39, 0.29) is 30.3 Å². The number of halogens is 1. The van der Waals surface area contributed by atoms with Crippen molar-refractivity contribution in [1.82, 2.24) is 15.5 Å². The summed E-state index contributed by atoms with van der Waals surface area (Å²) in [5, 5.41) is 6.78. The van der Waals surface area contributed by atoms with Crippen molar-refractivity contribution in [3.05, 3.63) is 71.9 Å². The lowest BCUT2D eigenvalue weighted by Gasteiger charge is -2.04. The normalized spacial score (nSPS) is 10.7. The lowest BCUT2D eigenvalue weighted by atomic mass is 10.1. The summed E-state index contributed by atoms with van der Waals surface area (Å²) in [6, 6.07) is 15.0. The second-order valence-corrected chi connectivity index (χ2v) is 6.61. The van der Waals surface area contributed by atoms with E-state index >= 15 is 0 Å². The van der Waals surface area contributed by atoms with Gasteiger partial charge in [0.05, 0.1) is 0 Å². The van der Waals surface area contributed by atoms with Gasteiger partial charge in [0, 0.05) is 36.9 Å². The van der Waals surface area contributed by atoms with Crippen LogP contribution >= 0.6 is 0 Å². The van der Waals surface area contributed by atoms with Crippen molar-refractivity contribution in [1.29, 1.82) is 0 Å². The fraction of sp³-hybridized carbons (Fsp3) is 0.273. The van der Waals surface area contributed by atoms with Crippen LogP contribution in [0, 0.1) is 5.82 Å². The summed E-state index contributed by atoms with van der Waals surface area (Å²) in [5.74, 6) is 0.507. The standard InChI is InChI=1S/C22H22FN3O3/c23-18-13-11-16(12-14-18)19(27)8-4-9-20(28)24-15-5-10-21-25-22(26-29-21)17-6-2-1-3-7-17/h1-3,6-7,11-14H,4-5,8-10,15H2,(H,24,28). The van der Waals surface area contributed by atoms with Crippen molar-refractivity contribution in [2.75, 3.05) is 6.54 Å². The van der Waals surface area contributed by atoms with Crippen molar-refractivity contribution in [3.63, 3.8) is 0 Å². The summed E-state index contributed by atoms with van der Waals surface area (Å²) < 4.78 is 18.1. The molecule has 0 bridgehead atoms. The van der Waals surface area contributed by atoms with Crippen molar-refractivity contribution >= 4 is 11.7 Å². The molecule has 0 aliphatic heterocycles. The molecule has 0 aliphatic carbocycles. The zero-order valence-electron chi connectivity index (χ0n) is 15.9. The topological polar surface area (TPSA) is 85.1 Å². The van der Waals surface area contributed by atoms with Crippen molar-refractivity contribution in [3.8, 4) is 11.4 Å². The highest BCUT2D eigenvalue weighted by Gasteiger charge is 2.10. The molecule has 0 aliphatic rings. The number of nitrogens with zero attached hydrogens (tertiary/aromatic N) is 2. The van der Waals surface area contributed by atoms with E-state index in [1.807, 2.05) is 30.3 Å². The van der Waals surface area contributed by atoms with Gasteiger partial charge in [-0.05, 0) is 37.1 Å². The Labute approximate surface area is 168 Å². The minimum absolute atomic E-state index is 0.0941. The van der Waals surface area contributed by atoms with Gasteiger partial charge in [0.1, 0.15) is 5.82 Å². The SMILES string of the molecule is O=C(CCCC(=O)c1ccc(F)cc1)NCCCc1nc(-c2ccccc2)no1. The quantitative estimate of drug-likeness (QED) is 0.415. The van der Waals surface area contributed by atoms with E-state index in [0.29, 0.717) is 43.1 Å². The Morgan fingerprint density at radius 2 is 1.72 bits per heavy atom. The maximum Gasteiger partial charge on any atom is 0.227 e. The van der Waals surface area contributed by atoms with Crippen LogP contribution in [-0.4, -0.2) is 28.4 Å². The summed E-state index contributed by atoms with van der Waals surface area (Å²) in [5.41, 5.74) is 1.35. The number of ketones is 1. The van der Waals surface area contributed by atoms with Gasteiger partial charge in [-0.15, -0.1) is 0 Å². The van der Waals surface area contributed by atoms with Gasteiger partial charge in [-0.2, -0.15) is 4.98 Å². The van der Waals surface area contributed by atoms with Crippen LogP contribution in [0.3, 0.4) is 0 Å². The monoisotopic (exact) mass is 395 g/mol. The highest BCUT2D eigenvalue weighted by Crippen LogP contribution is 2.15. The molecule has 0 saturated carbocycles. The Bertz CT molecular complexity index is 939. The maximum absolute atomic E-state index is 12.9. The van der Waals surface area contributed by atoms with E-state index < -0.39 is 0 Å². The molecule has 1 heterocycles. The highest BCUT2D eigenvalue weighted by atomic mass is 19.1. The number of nitrogens with one attached hydrogen (secondary N) is 1. The zero-order chi connectivity index (χ0) is 20.5. The second-order valence-electron chi connectivity index (χ2n) is 6.61. The molecule has 6 nitrogen and oxygen atoms in total. The van der Waals surface area contributed by atoms with Crippen molar-refractivity contribution in [2.24, 2.45) is 0 Å². The molecule has 3 aromatic rings. The molecule has 3 rings (SSSR count). The zero-order valence-corrected chi connectivity index (χ0v) is 15.9. The average Bonchev–Trinajstić information content (AvgIpc) is 3.21. The average molecular weight is 395 g/mol. The van der Waals surface area contributed by atoms with Gasteiger partial charge in [-0.25, -0.2) is 4.39 Å². The molecule has 0 saturated heterocycles. The van der Waals surface area contributed by atoms with Crippen LogP contribution in [0.5, 0.6) is 0 Å². The van der Waals surface area contributed by atoms with E-state index in [2.05, 4.69) is 15.5 Å². The predicted molar refractivity (Wildman–Crippen MR) is 106 cm³/mol. The molecule has 2 aromatic carbocycles. The first-order valence-corrected chi connectivity index (χ1v) is 9.55. The number of benzene rings is 2. The molecule has 0 radical (unpaired) electrons. The molecule has 1 N–H and O–H groups in total. The third-order valence-electron chi connectivity index (χ3n) is 4.36. The number of aromatic nitrogens is 2. The maximum atomic E-state index is 12.9. The van der Waals surface area contributed by atoms with Crippen LogP contribution in [0.15, 0.2) is 59.1 Å². The van der Waals surface area contributed by atoms with Crippen LogP contribution in [0.1, 0.15) is 41.9 Å². The summed E-state index contributed by atoms with van der Waals surface area (Å²) in [7, 11) is 0. The minimum atomic E-state index is -0.377. The number of hydrogen-bond acceptors (Lipinski definition) is 5. The number of carbonyl (C=O) groups is 2. The van der Waals surface area contributed by atoms with Crippen molar-refractivity contribution < 1.29 is 18.5 Å². The van der Waals surface area contributed by atoms with Gasteiger partial charge in [-0.3, -0.25) is 9.59 Å². The highest BCUT2D eigenvalue weighted by molar-refractivity contribution is 5.96. The molecular formula is C22H22FN3O3. The van der Waals surface area contributed by atoms with E-state index in [9.17, 15) is 14.0 Å². The Balaban J connectivity index is 1.31. The first-order valence-electron chi connectivity index (χ1n) is 9.55. The molecule has 0 fully saturated rings. The van der Waals surface area contributed by atoms with Gasteiger partial charge < -0.3 is 9.84 Å². The fourth-order valence-corrected chi connectivity index (χ4v) is 2.81. The number of aryl methyl sites for hydroxylation is 1. The number of carbonyl (C=O) groups excluding carboxylic acids is 2. The molecule has 150 valence electrons. The van der Waals surface area contributed by atoms with Crippen molar-refractivity contribution in [2.45, 2.75) is 32.1 Å². The van der Waals surface area contributed by atoms with E-state index in [1.165, 1.54) is 24.3 Å². The van der Waals surface area contributed by atoms with Gasteiger partial charge in [-0.1, -0.05) is 35.5 Å². The summed E-state index contributed by atoms with van der Waals surface area (Å²) in [6.45, 7) is 0.494. The first kappa shape index (κ1) is 20.4. The summed E-state index contributed by atoms with van der Waals surface area (Å²) in [4.78, 5) is 28.2. The van der Waals surface area contributed by atoms with E-state index in [0.717, 1.165) is 5.56 Å². The van der Waals surface area contributed by atoms with Crippen LogP contribution in [0.25, 0.3) is 11.4 Å². The van der Waals surface area contributed by atoms with E-state index in [4.69, 9.17) is 4.52 Å². The molecule has 7 heteroatoms. The number of hydrogen-bond donors (Lipinski definition) is 1. The molecule has 29 heavy (non-hydrogen) atoms. The molecule has 1 amide bonds. The Morgan fingerprint density at radius 1 is 0.966 bits per heavy atom. The fourth-order valence-electron chi connectivity index (χ4n) is 2.81. The van der Waals surface area contributed by atoms with Crippen LogP contribution in [0.4, 0.5) is 4.39 Å². The number of amides is 1. The van der Waals surface area contributed by atoms with Gasteiger partial charge >= 0.3 is 0 Å². The van der Waals surface area contributed by atoms with Crippen LogP contribution in [0.2, 0.25) is 0 Å². The first-order chi connectivity index (χ1) is 14.1. The molecular weight excluding hydrogens is 373 g/mol. The van der Waals surface area contributed by atoms with Gasteiger partial charge in [0.2, 0.25) is 17.6 Å². The lowest BCUT2D eigenvalue weighted by molar-refractivity contribution is -0.121. The third-order valence-corrected chi connectivity index (χ3v) is 4.36. The Hall–Kier alpha value is -3.35. The van der Waals surface area contributed by atoms with E-state index in [1.54, 1.807) is 0 Å². The summed E-state index contributed by atoms with van der Waals surface area (Å²) >= 11 is 0. The minimum Gasteiger partial charge on any atom is -0.356 e. The molecule has 0 unspecified atom stereocenters. The summed E-state index contributed by atoms with van der Waals surface area (Å²) in [6.07, 6.45) is 2.22. The van der Waals surface area contributed by atoms with Gasteiger partial charge in [0.15, 0.2) is 5.78 Å². The third kappa shape index (κ3) is 6.34. The van der Waals surface area contributed by atoms with Gasteiger partial charge in [0.25, 0.3) is 0 Å². The van der Waals surface area contributed by atoms with Crippen LogP contribution < -0.4 is 5.32 Å². The number of Topliss-reactive ketones (excluding diaryl/α,β-unsaturated/α-hetero) is 1.